The Morgan fingerprint density at radius 2 is 1.43 bits per heavy atom. The maximum Gasteiger partial charge on any atom is 0.199 e. The largest absolute Gasteiger partial charge is 0.219 e. The van der Waals surface area contributed by atoms with Gasteiger partial charge in [0.05, 0.1) is 4.90 Å². The van der Waals surface area contributed by atoms with Gasteiger partial charge in [-0.25, -0.2) is 8.42 Å². The van der Waals surface area contributed by atoms with Crippen LogP contribution in [0, 0.1) is 23.2 Å². The number of sulfone groups is 1. The minimum Gasteiger partial charge on any atom is -0.219 e. The molecule has 1 aromatic rings. The quantitative estimate of drug-likeness (QED) is 0.839. The second-order valence-corrected chi connectivity index (χ2v) is 9.27. The first-order valence-corrected chi connectivity index (χ1v) is 9.59. The normalized spacial score (nSPS) is 38.2. The lowest BCUT2D eigenvalue weighted by Gasteiger charge is -2.55. The molecule has 0 radical (unpaired) electrons. The van der Waals surface area contributed by atoms with Crippen molar-refractivity contribution in [1.82, 2.24) is 0 Å². The van der Waals surface area contributed by atoms with Gasteiger partial charge in [-0.1, -0.05) is 24.3 Å². The third-order valence-electron chi connectivity index (χ3n) is 5.76. The van der Waals surface area contributed by atoms with E-state index in [0.717, 1.165) is 17.8 Å². The Labute approximate surface area is 127 Å². The molecule has 0 aliphatic heterocycles. The smallest absolute Gasteiger partial charge is 0.199 e. The van der Waals surface area contributed by atoms with Gasteiger partial charge in [0.1, 0.15) is 0 Å². The number of hydrogen-bond donors (Lipinski definition) is 0. The van der Waals surface area contributed by atoms with Crippen LogP contribution in [0.4, 0.5) is 0 Å². The lowest BCUT2D eigenvalue weighted by atomic mass is 9.50. The van der Waals surface area contributed by atoms with Crippen molar-refractivity contribution in [3.63, 3.8) is 0 Å². The summed E-state index contributed by atoms with van der Waals surface area (Å²) >= 11 is 0. The molecule has 0 N–H and O–H groups in total. The van der Waals surface area contributed by atoms with Crippen LogP contribution in [-0.4, -0.2) is 8.42 Å². The average Bonchev–Trinajstić information content (AvgIpc) is 2.45. The number of rotatable bonds is 3. The Balaban J connectivity index is 1.61. The van der Waals surface area contributed by atoms with E-state index in [4.69, 9.17) is 0 Å². The monoisotopic (exact) mass is 302 g/mol. The molecule has 112 valence electrons. The van der Waals surface area contributed by atoms with Crippen molar-refractivity contribution in [1.29, 1.82) is 0 Å². The molecule has 4 saturated carbocycles. The highest BCUT2D eigenvalue weighted by molar-refractivity contribution is 7.94. The van der Waals surface area contributed by atoms with Crippen molar-refractivity contribution in [3.8, 4) is 0 Å². The van der Waals surface area contributed by atoms with Crippen molar-refractivity contribution < 1.29 is 8.42 Å². The van der Waals surface area contributed by atoms with Crippen LogP contribution in [0.3, 0.4) is 0 Å². The van der Waals surface area contributed by atoms with Crippen molar-refractivity contribution in [2.75, 3.05) is 0 Å². The van der Waals surface area contributed by atoms with E-state index in [0.29, 0.717) is 4.90 Å². The van der Waals surface area contributed by atoms with Crippen molar-refractivity contribution in [2.45, 2.75) is 43.4 Å². The average molecular weight is 302 g/mol. The highest BCUT2D eigenvalue weighted by Gasteiger charge is 2.49. The predicted molar refractivity (Wildman–Crippen MR) is 83.4 cm³/mol. The van der Waals surface area contributed by atoms with Gasteiger partial charge in [0.15, 0.2) is 9.84 Å². The van der Waals surface area contributed by atoms with E-state index in [1.807, 2.05) is 6.07 Å². The molecule has 2 nitrogen and oxygen atoms in total. The van der Waals surface area contributed by atoms with Gasteiger partial charge in [0.2, 0.25) is 0 Å². The highest BCUT2D eigenvalue weighted by Crippen LogP contribution is 2.60. The number of benzene rings is 1. The van der Waals surface area contributed by atoms with Crippen LogP contribution >= 0.6 is 0 Å². The molecule has 4 aliphatic carbocycles. The Kier molecular flexibility index (Phi) is 3.04. The summed E-state index contributed by atoms with van der Waals surface area (Å²) in [5, 5.41) is 1.50. The topological polar surface area (TPSA) is 34.1 Å². The molecular weight excluding hydrogens is 280 g/mol. The van der Waals surface area contributed by atoms with Gasteiger partial charge in [0, 0.05) is 5.41 Å². The van der Waals surface area contributed by atoms with E-state index < -0.39 is 9.84 Å². The molecule has 0 atom stereocenters. The van der Waals surface area contributed by atoms with Gasteiger partial charge in [-0.2, -0.15) is 0 Å². The third-order valence-corrected chi connectivity index (χ3v) is 7.18. The molecular formula is C18H22O2S. The second kappa shape index (κ2) is 4.70. The molecule has 1 aromatic carbocycles. The van der Waals surface area contributed by atoms with E-state index in [9.17, 15) is 8.42 Å². The summed E-state index contributed by atoms with van der Waals surface area (Å²) in [5.41, 5.74) is 0.177. The fourth-order valence-corrected chi connectivity index (χ4v) is 6.47. The maximum absolute atomic E-state index is 12.4. The molecule has 5 rings (SSSR count). The van der Waals surface area contributed by atoms with Gasteiger partial charge in [0.25, 0.3) is 0 Å². The van der Waals surface area contributed by atoms with E-state index >= 15 is 0 Å². The summed E-state index contributed by atoms with van der Waals surface area (Å²) in [6, 6.07) is 8.78. The Hall–Kier alpha value is -1.09. The maximum atomic E-state index is 12.4. The van der Waals surface area contributed by atoms with Crippen LogP contribution in [0.1, 0.15) is 38.5 Å². The zero-order valence-electron chi connectivity index (χ0n) is 12.2. The lowest BCUT2D eigenvalue weighted by Crippen LogP contribution is -2.45. The molecule has 0 saturated heterocycles. The summed E-state index contributed by atoms with van der Waals surface area (Å²) in [6.45, 7) is 0. The summed E-state index contributed by atoms with van der Waals surface area (Å²) in [5.74, 6) is 2.54. The molecule has 0 unspecified atom stereocenters. The molecule has 4 aliphatic rings. The van der Waals surface area contributed by atoms with Gasteiger partial charge < -0.3 is 0 Å². The Bertz CT molecular complexity index is 622. The first-order chi connectivity index (χ1) is 10.0. The molecule has 0 amide bonds. The Morgan fingerprint density at radius 1 is 0.905 bits per heavy atom. The van der Waals surface area contributed by atoms with Gasteiger partial charge >= 0.3 is 0 Å². The molecule has 0 spiro atoms. The van der Waals surface area contributed by atoms with Gasteiger partial charge in [-0.05, 0) is 73.8 Å². The fraction of sp³-hybridized carbons (Fsp3) is 0.556. The fourth-order valence-electron chi connectivity index (χ4n) is 5.30. The first-order valence-electron chi connectivity index (χ1n) is 8.04. The van der Waals surface area contributed by atoms with Crippen LogP contribution in [0.5, 0.6) is 0 Å². The number of hydrogen-bond acceptors (Lipinski definition) is 2. The van der Waals surface area contributed by atoms with Crippen LogP contribution in [-0.2, 0) is 9.84 Å². The van der Waals surface area contributed by atoms with Gasteiger partial charge in [-0.15, -0.1) is 0 Å². The minimum absolute atomic E-state index is 0.177. The Morgan fingerprint density at radius 3 is 1.95 bits per heavy atom. The standard InChI is InChI=1S/C18H22O2S/c19-21(20,17-4-2-1-3-5-17)7-6-18-11-14-8-15(12-18)10-16(9-14)13-18/h1-7,14-16H,8-13H2/b7-6+. The molecule has 3 heteroatoms. The molecule has 0 aromatic heterocycles. The van der Waals surface area contributed by atoms with Crippen LogP contribution in [0.25, 0.3) is 0 Å². The van der Waals surface area contributed by atoms with Crippen LogP contribution in [0.15, 0.2) is 46.7 Å². The highest BCUT2D eigenvalue weighted by atomic mass is 32.2. The first kappa shape index (κ1) is 13.6. The van der Waals surface area contributed by atoms with Crippen molar-refractivity contribution in [2.24, 2.45) is 23.2 Å². The van der Waals surface area contributed by atoms with Crippen molar-refractivity contribution in [3.05, 3.63) is 41.8 Å². The van der Waals surface area contributed by atoms with Crippen LogP contribution in [0.2, 0.25) is 0 Å². The molecule has 4 fully saturated rings. The number of allylic oxidation sites excluding steroid dienone is 1. The summed E-state index contributed by atoms with van der Waals surface area (Å²) in [6.07, 6.45) is 9.84. The van der Waals surface area contributed by atoms with Gasteiger partial charge in [-0.3, -0.25) is 0 Å². The second-order valence-electron chi connectivity index (χ2n) is 7.44. The predicted octanol–water partition coefficient (Wildman–Crippen LogP) is 4.19. The van der Waals surface area contributed by atoms with E-state index in [2.05, 4.69) is 6.08 Å². The molecule has 21 heavy (non-hydrogen) atoms. The summed E-state index contributed by atoms with van der Waals surface area (Å²) < 4.78 is 24.9. The SMILES string of the molecule is O=S(=O)(/C=C/C12CC3CC(CC(C3)C1)C2)c1ccccc1. The van der Waals surface area contributed by atoms with Crippen molar-refractivity contribution >= 4 is 9.84 Å². The summed E-state index contributed by atoms with van der Waals surface area (Å²) in [7, 11) is -3.28. The lowest BCUT2D eigenvalue weighted by molar-refractivity contribution is -0.0236. The van der Waals surface area contributed by atoms with E-state index in [1.165, 1.54) is 43.9 Å². The zero-order valence-corrected chi connectivity index (χ0v) is 13.1. The van der Waals surface area contributed by atoms with E-state index in [-0.39, 0.29) is 5.41 Å². The summed E-state index contributed by atoms with van der Waals surface area (Å²) in [4.78, 5) is 0.408. The zero-order chi connectivity index (χ0) is 14.5. The minimum atomic E-state index is -3.28. The van der Waals surface area contributed by atoms with Crippen LogP contribution < -0.4 is 0 Å². The molecule has 4 bridgehead atoms. The third kappa shape index (κ3) is 2.46. The molecule has 0 heterocycles. The van der Waals surface area contributed by atoms with E-state index in [1.54, 1.807) is 24.3 Å².